The van der Waals surface area contributed by atoms with E-state index in [0.29, 0.717) is 22.0 Å². The number of rotatable bonds is 5. The van der Waals surface area contributed by atoms with E-state index < -0.39 is 0 Å². The van der Waals surface area contributed by atoms with Crippen molar-refractivity contribution in [1.29, 1.82) is 5.26 Å². The van der Waals surface area contributed by atoms with Gasteiger partial charge in [-0.15, -0.1) is 0 Å². The first-order chi connectivity index (χ1) is 9.72. The first-order valence-electron chi connectivity index (χ1n) is 6.25. The van der Waals surface area contributed by atoms with Gasteiger partial charge >= 0.3 is 0 Å². The fourth-order valence-corrected chi connectivity index (χ4v) is 1.80. The molecule has 0 fully saturated rings. The van der Waals surface area contributed by atoms with Gasteiger partial charge in [0.05, 0.1) is 22.3 Å². The first-order valence-corrected chi connectivity index (χ1v) is 6.63. The van der Waals surface area contributed by atoms with E-state index in [1.54, 1.807) is 30.3 Å². The number of nitriles is 1. The second-order valence-corrected chi connectivity index (χ2v) is 4.49. The van der Waals surface area contributed by atoms with Crippen LogP contribution in [-0.4, -0.2) is 11.5 Å². The Kier molecular flexibility index (Phi) is 4.80. The van der Waals surface area contributed by atoms with Gasteiger partial charge in [0.1, 0.15) is 18.2 Å². The molecule has 1 aromatic heterocycles. The molecule has 1 aromatic carbocycles. The van der Waals surface area contributed by atoms with Crippen LogP contribution in [0.4, 0.5) is 5.82 Å². The highest BCUT2D eigenvalue weighted by atomic mass is 35.5. The Morgan fingerprint density at radius 3 is 2.65 bits per heavy atom. The lowest BCUT2D eigenvalue weighted by Gasteiger charge is -2.09. The van der Waals surface area contributed by atoms with Crippen molar-refractivity contribution in [3.8, 4) is 11.8 Å². The minimum Gasteiger partial charge on any atom is -0.487 e. The molecule has 0 saturated heterocycles. The number of halogens is 1. The number of aromatic nitrogens is 1. The van der Waals surface area contributed by atoms with E-state index >= 15 is 0 Å². The van der Waals surface area contributed by atoms with Crippen LogP contribution < -0.4 is 10.1 Å². The topological polar surface area (TPSA) is 57.9 Å². The van der Waals surface area contributed by atoms with Crippen LogP contribution in [0.2, 0.25) is 5.02 Å². The molecule has 0 bridgehead atoms. The number of pyridine rings is 1. The number of hydrogen-bond donors (Lipinski definition) is 1. The van der Waals surface area contributed by atoms with Gasteiger partial charge in [0.25, 0.3) is 0 Å². The van der Waals surface area contributed by atoms with Gasteiger partial charge in [-0.1, -0.05) is 11.6 Å². The van der Waals surface area contributed by atoms with Crippen LogP contribution in [-0.2, 0) is 6.61 Å². The number of nitrogens with zero attached hydrogens (tertiary/aromatic N) is 2. The second-order valence-electron chi connectivity index (χ2n) is 4.08. The highest BCUT2D eigenvalue weighted by Crippen LogP contribution is 2.19. The Hall–Kier alpha value is -2.25. The molecule has 20 heavy (non-hydrogen) atoms. The summed E-state index contributed by atoms with van der Waals surface area (Å²) in [4.78, 5) is 4.39. The fourth-order valence-electron chi connectivity index (χ4n) is 1.64. The highest BCUT2D eigenvalue weighted by molar-refractivity contribution is 6.31. The van der Waals surface area contributed by atoms with Crippen molar-refractivity contribution in [3.63, 3.8) is 0 Å². The Balaban J connectivity index is 2.05. The maximum Gasteiger partial charge on any atom is 0.132 e. The Bertz CT molecular complexity index is 620. The zero-order valence-electron chi connectivity index (χ0n) is 11.1. The number of hydrogen-bond acceptors (Lipinski definition) is 4. The number of benzene rings is 1. The third-order valence-corrected chi connectivity index (χ3v) is 2.98. The van der Waals surface area contributed by atoms with E-state index in [4.69, 9.17) is 21.6 Å². The predicted molar refractivity (Wildman–Crippen MR) is 78.9 cm³/mol. The molecule has 0 amide bonds. The lowest BCUT2D eigenvalue weighted by Crippen LogP contribution is -2.04. The predicted octanol–water partition coefficient (Wildman–Crippen LogP) is 3.62. The largest absolute Gasteiger partial charge is 0.487 e. The second kappa shape index (κ2) is 6.78. The third kappa shape index (κ3) is 3.62. The minimum atomic E-state index is 0.282. The summed E-state index contributed by atoms with van der Waals surface area (Å²) < 4.78 is 5.62. The summed E-state index contributed by atoms with van der Waals surface area (Å²) in [5.41, 5.74) is 1.28. The molecule has 2 aromatic rings. The summed E-state index contributed by atoms with van der Waals surface area (Å²) in [7, 11) is 0. The van der Waals surface area contributed by atoms with Crippen LogP contribution >= 0.6 is 11.6 Å². The van der Waals surface area contributed by atoms with Gasteiger partial charge in [0, 0.05) is 6.54 Å². The van der Waals surface area contributed by atoms with Crippen molar-refractivity contribution in [2.45, 2.75) is 13.5 Å². The average Bonchev–Trinajstić information content (AvgIpc) is 2.48. The summed E-state index contributed by atoms with van der Waals surface area (Å²) in [6, 6.07) is 12.6. The minimum absolute atomic E-state index is 0.282. The van der Waals surface area contributed by atoms with E-state index in [-0.39, 0.29) is 6.61 Å². The van der Waals surface area contributed by atoms with Crippen molar-refractivity contribution >= 4 is 17.4 Å². The van der Waals surface area contributed by atoms with Crippen LogP contribution in [0.3, 0.4) is 0 Å². The molecule has 0 spiro atoms. The molecule has 0 saturated carbocycles. The van der Waals surface area contributed by atoms with E-state index in [2.05, 4.69) is 16.4 Å². The van der Waals surface area contributed by atoms with Crippen LogP contribution in [0.15, 0.2) is 36.4 Å². The zero-order chi connectivity index (χ0) is 14.4. The molecule has 0 aliphatic heterocycles. The molecule has 0 aliphatic rings. The summed E-state index contributed by atoms with van der Waals surface area (Å²) >= 11 is 6.10. The van der Waals surface area contributed by atoms with E-state index in [0.717, 1.165) is 12.4 Å². The van der Waals surface area contributed by atoms with Gasteiger partial charge in [0.15, 0.2) is 0 Å². The Morgan fingerprint density at radius 2 is 2.00 bits per heavy atom. The molecular weight excluding hydrogens is 274 g/mol. The zero-order valence-corrected chi connectivity index (χ0v) is 11.8. The van der Waals surface area contributed by atoms with E-state index in [1.807, 2.05) is 13.0 Å². The monoisotopic (exact) mass is 287 g/mol. The number of anilines is 1. The maximum atomic E-state index is 8.73. The SMILES string of the molecule is CCNc1ccc(Cl)c(COc2ccc(C#N)cc2)n1. The van der Waals surface area contributed by atoms with Crippen LogP contribution in [0.1, 0.15) is 18.2 Å². The molecule has 1 N–H and O–H groups in total. The highest BCUT2D eigenvalue weighted by Gasteiger charge is 2.05. The van der Waals surface area contributed by atoms with Crippen LogP contribution in [0, 0.1) is 11.3 Å². The lowest BCUT2D eigenvalue weighted by atomic mass is 10.2. The van der Waals surface area contributed by atoms with Gasteiger partial charge in [-0.3, -0.25) is 0 Å². The summed E-state index contributed by atoms with van der Waals surface area (Å²) in [5.74, 6) is 1.45. The molecule has 102 valence electrons. The normalized spacial score (nSPS) is 9.85. The van der Waals surface area contributed by atoms with Crippen molar-refractivity contribution in [1.82, 2.24) is 4.98 Å². The smallest absolute Gasteiger partial charge is 0.132 e. The summed E-state index contributed by atoms with van der Waals surface area (Å²) in [6.07, 6.45) is 0. The summed E-state index contributed by atoms with van der Waals surface area (Å²) in [6.45, 7) is 3.08. The van der Waals surface area contributed by atoms with E-state index in [9.17, 15) is 0 Å². The van der Waals surface area contributed by atoms with Gasteiger partial charge in [-0.05, 0) is 43.3 Å². The lowest BCUT2D eigenvalue weighted by molar-refractivity contribution is 0.301. The average molecular weight is 288 g/mol. The van der Waals surface area contributed by atoms with Gasteiger partial charge in [0.2, 0.25) is 0 Å². The molecule has 0 atom stereocenters. The Morgan fingerprint density at radius 1 is 1.25 bits per heavy atom. The van der Waals surface area contributed by atoms with Crippen molar-refractivity contribution in [3.05, 3.63) is 52.7 Å². The van der Waals surface area contributed by atoms with Gasteiger partial charge in [-0.2, -0.15) is 5.26 Å². The van der Waals surface area contributed by atoms with Crippen LogP contribution in [0.5, 0.6) is 5.75 Å². The first kappa shape index (κ1) is 14.2. The molecule has 5 heteroatoms. The van der Waals surface area contributed by atoms with Crippen molar-refractivity contribution in [2.24, 2.45) is 0 Å². The van der Waals surface area contributed by atoms with Crippen molar-refractivity contribution in [2.75, 3.05) is 11.9 Å². The molecule has 4 nitrogen and oxygen atoms in total. The van der Waals surface area contributed by atoms with Gasteiger partial charge < -0.3 is 10.1 Å². The molecule has 2 rings (SSSR count). The molecular formula is C15H14ClN3O. The van der Waals surface area contributed by atoms with Crippen LogP contribution in [0.25, 0.3) is 0 Å². The Labute approximate surface area is 123 Å². The van der Waals surface area contributed by atoms with Crippen molar-refractivity contribution < 1.29 is 4.74 Å². The maximum absolute atomic E-state index is 8.73. The number of nitrogens with one attached hydrogen (secondary N) is 1. The molecule has 0 unspecified atom stereocenters. The molecule has 0 radical (unpaired) electrons. The van der Waals surface area contributed by atoms with Gasteiger partial charge in [-0.25, -0.2) is 4.98 Å². The third-order valence-electron chi connectivity index (χ3n) is 2.64. The fraction of sp³-hybridized carbons (Fsp3) is 0.200. The quantitative estimate of drug-likeness (QED) is 0.912. The standard InChI is InChI=1S/C15H14ClN3O/c1-2-18-15-8-7-13(16)14(19-15)10-20-12-5-3-11(9-17)4-6-12/h3-8H,2,10H2,1H3,(H,18,19). The van der Waals surface area contributed by atoms with E-state index in [1.165, 1.54) is 0 Å². The number of ether oxygens (including phenoxy) is 1. The molecule has 1 heterocycles. The summed E-state index contributed by atoms with van der Waals surface area (Å²) in [5, 5.41) is 12.4. The molecule has 0 aliphatic carbocycles.